The quantitative estimate of drug-likeness (QED) is 0.687. The number of hydrogen-bond donors (Lipinski definition) is 1. The zero-order chi connectivity index (χ0) is 21.5. The molecule has 0 spiro atoms. The monoisotopic (exact) mass is 420 g/mol. The number of nitrogens with one attached hydrogen (secondary N) is 1. The van der Waals surface area contributed by atoms with E-state index in [9.17, 15) is 18.0 Å². The van der Waals surface area contributed by atoms with Crippen LogP contribution in [0.25, 0.3) is 11.1 Å². The van der Waals surface area contributed by atoms with Crippen molar-refractivity contribution in [3.63, 3.8) is 0 Å². The summed E-state index contributed by atoms with van der Waals surface area (Å²) in [7, 11) is -3.96. The average Bonchev–Trinajstić information content (AvgIpc) is 2.94. The fourth-order valence-corrected chi connectivity index (χ4v) is 5.27. The smallest absolute Gasteiger partial charge is 0.269 e. The minimum absolute atomic E-state index is 0.0902. The van der Waals surface area contributed by atoms with E-state index in [1.54, 1.807) is 26.0 Å². The third-order valence-electron chi connectivity index (χ3n) is 4.93. The number of anilines is 1. The maximum atomic E-state index is 12.7. The van der Waals surface area contributed by atoms with Crippen LogP contribution in [0.1, 0.15) is 34.6 Å². The van der Waals surface area contributed by atoms with Crippen molar-refractivity contribution < 1.29 is 18.0 Å². The summed E-state index contributed by atoms with van der Waals surface area (Å²) >= 11 is 0. The third kappa shape index (κ3) is 3.37. The van der Waals surface area contributed by atoms with Crippen LogP contribution in [0.5, 0.6) is 0 Å². The van der Waals surface area contributed by atoms with Crippen molar-refractivity contribution in [1.82, 2.24) is 4.31 Å². The number of fused-ring (bicyclic) bond motifs is 1. The van der Waals surface area contributed by atoms with Gasteiger partial charge in [-0.15, -0.1) is 0 Å². The lowest BCUT2D eigenvalue weighted by atomic mass is 10.1. The Balaban J connectivity index is 1.57. The van der Waals surface area contributed by atoms with Crippen LogP contribution in [0, 0.1) is 0 Å². The minimum Gasteiger partial charge on any atom is -0.322 e. The Morgan fingerprint density at radius 1 is 0.900 bits per heavy atom. The van der Waals surface area contributed by atoms with Crippen LogP contribution >= 0.6 is 0 Å². The molecule has 0 saturated heterocycles. The van der Waals surface area contributed by atoms with Gasteiger partial charge >= 0.3 is 0 Å². The van der Waals surface area contributed by atoms with Crippen LogP contribution in [0.2, 0.25) is 0 Å². The molecule has 1 heterocycles. The molecule has 0 aromatic heterocycles. The molecule has 1 aliphatic heterocycles. The van der Waals surface area contributed by atoms with Gasteiger partial charge in [0.15, 0.2) is 0 Å². The number of hydrogen-bond acceptors (Lipinski definition) is 4. The van der Waals surface area contributed by atoms with Gasteiger partial charge in [-0.3, -0.25) is 9.59 Å². The van der Waals surface area contributed by atoms with E-state index in [0.717, 1.165) is 15.4 Å². The van der Waals surface area contributed by atoms with Crippen molar-refractivity contribution in [2.75, 3.05) is 5.32 Å². The molecule has 0 aliphatic carbocycles. The third-order valence-corrected chi connectivity index (χ3v) is 6.93. The largest absolute Gasteiger partial charge is 0.322 e. The SMILES string of the molecule is CC(C)N1C(=O)c2ccc(C(=O)Nc3ccc(-c4ccccc4)cc3)cc2S1(=O)=O. The van der Waals surface area contributed by atoms with E-state index < -0.39 is 27.9 Å². The van der Waals surface area contributed by atoms with Crippen LogP contribution in [-0.4, -0.2) is 30.6 Å². The van der Waals surface area contributed by atoms with Crippen molar-refractivity contribution in [1.29, 1.82) is 0 Å². The summed E-state index contributed by atoms with van der Waals surface area (Å²) in [6.45, 7) is 3.27. The Morgan fingerprint density at radius 2 is 1.53 bits per heavy atom. The summed E-state index contributed by atoms with van der Waals surface area (Å²) in [4.78, 5) is 25.0. The van der Waals surface area contributed by atoms with Crippen LogP contribution in [-0.2, 0) is 10.0 Å². The van der Waals surface area contributed by atoms with Gasteiger partial charge < -0.3 is 5.32 Å². The zero-order valence-corrected chi connectivity index (χ0v) is 17.3. The average molecular weight is 420 g/mol. The van der Waals surface area contributed by atoms with Gasteiger partial charge in [-0.2, -0.15) is 0 Å². The standard InChI is InChI=1S/C23H20N2O4S/c1-15(2)25-23(27)20-13-10-18(14-21(20)30(25,28)29)22(26)24-19-11-8-17(9-12-19)16-6-4-3-5-7-16/h3-15H,1-2H3,(H,24,26). The second-order valence-corrected chi connectivity index (χ2v) is 9.09. The van der Waals surface area contributed by atoms with Gasteiger partial charge in [0.2, 0.25) is 0 Å². The highest BCUT2D eigenvalue weighted by atomic mass is 32.2. The van der Waals surface area contributed by atoms with Crippen molar-refractivity contribution >= 4 is 27.5 Å². The molecule has 3 aromatic carbocycles. The van der Waals surface area contributed by atoms with Crippen molar-refractivity contribution in [3.05, 3.63) is 83.9 Å². The highest BCUT2D eigenvalue weighted by molar-refractivity contribution is 7.90. The minimum atomic E-state index is -3.96. The van der Waals surface area contributed by atoms with Gasteiger partial charge in [0, 0.05) is 17.3 Å². The van der Waals surface area contributed by atoms with E-state index in [4.69, 9.17) is 0 Å². The first kappa shape index (κ1) is 19.8. The maximum absolute atomic E-state index is 12.7. The summed E-state index contributed by atoms with van der Waals surface area (Å²) < 4.78 is 26.3. The van der Waals surface area contributed by atoms with Gasteiger partial charge in [0.05, 0.1) is 5.56 Å². The zero-order valence-electron chi connectivity index (χ0n) is 16.5. The molecular formula is C23H20N2O4S. The number of carbonyl (C=O) groups is 2. The van der Waals surface area contributed by atoms with Crippen molar-refractivity contribution in [3.8, 4) is 11.1 Å². The molecule has 0 bridgehead atoms. The Morgan fingerprint density at radius 3 is 2.17 bits per heavy atom. The highest BCUT2D eigenvalue weighted by Gasteiger charge is 2.42. The molecule has 0 fully saturated rings. The molecule has 2 amide bonds. The number of sulfonamides is 1. The Hall–Kier alpha value is -3.45. The number of rotatable bonds is 4. The topological polar surface area (TPSA) is 83.6 Å². The van der Waals surface area contributed by atoms with Gasteiger partial charge in [0.1, 0.15) is 4.90 Å². The van der Waals surface area contributed by atoms with Gasteiger partial charge in [-0.1, -0.05) is 42.5 Å². The lowest BCUT2D eigenvalue weighted by molar-refractivity contribution is 0.0846. The molecule has 3 aromatic rings. The highest BCUT2D eigenvalue weighted by Crippen LogP contribution is 2.32. The first-order valence-electron chi connectivity index (χ1n) is 9.48. The van der Waals surface area contributed by atoms with Crippen LogP contribution in [0.4, 0.5) is 5.69 Å². The maximum Gasteiger partial charge on any atom is 0.269 e. The fourth-order valence-electron chi connectivity index (χ4n) is 3.48. The summed E-state index contributed by atoms with van der Waals surface area (Å²) in [5.74, 6) is -1.01. The lowest BCUT2D eigenvalue weighted by Gasteiger charge is -2.18. The molecule has 6 nitrogen and oxygen atoms in total. The second kappa shape index (κ2) is 7.42. The Labute approximate surface area is 175 Å². The van der Waals surface area contributed by atoms with Gasteiger partial charge in [0.25, 0.3) is 21.8 Å². The number of carbonyl (C=O) groups excluding carboxylic acids is 2. The predicted molar refractivity (Wildman–Crippen MR) is 115 cm³/mol. The molecule has 0 saturated carbocycles. The molecule has 1 N–H and O–H groups in total. The molecule has 4 rings (SSSR count). The van der Waals surface area contributed by atoms with Crippen molar-refractivity contribution in [2.24, 2.45) is 0 Å². The normalized spacial score (nSPS) is 14.6. The second-order valence-electron chi connectivity index (χ2n) is 7.31. The van der Waals surface area contributed by atoms with Gasteiger partial charge in [-0.25, -0.2) is 12.7 Å². The molecule has 30 heavy (non-hydrogen) atoms. The molecular weight excluding hydrogens is 400 g/mol. The molecule has 1 aliphatic rings. The van der Waals surface area contributed by atoms with Crippen LogP contribution in [0.15, 0.2) is 77.7 Å². The Kier molecular flexibility index (Phi) is 4.91. The summed E-state index contributed by atoms with van der Waals surface area (Å²) in [5, 5.41) is 2.77. The summed E-state index contributed by atoms with van der Waals surface area (Å²) in [5.41, 5.74) is 2.93. The Bertz CT molecular complexity index is 1230. The van der Waals surface area contributed by atoms with Crippen molar-refractivity contribution in [2.45, 2.75) is 24.8 Å². The number of benzene rings is 3. The van der Waals surface area contributed by atoms with E-state index >= 15 is 0 Å². The number of nitrogens with zero attached hydrogens (tertiary/aromatic N) is 1. The van der Waals surface area contributed by atoms with E-state index in [2.05, 4.69) is 5.32 Å². The predicted octanol–water partition coefficient (Wildman–Crippen LogP) is 4.16. The van der Waals surface area contributed by atoms with Gasteiger partial charge in [-0.05, 0) is 55.3 Å². The molecule has 0 radical (unpaired) electrons. The van der Waals surface area contributed by atoms with E-state index in [1.165, 1.54) is 18.2 Å². The van der Waals surface area contributed by atoms with E-state index in [0.29, 0.717) is 5.69 Å². The fraction of sp³-hybridized carbons (Fsp3) is 0.130. The lowest BCUT2D eigenvalue weighted by Crippen LogP contribution is -2.36. The molecule has 0 unspecified atom stereocenters. The van der Waals surface area contributed by atoms with Crippen LogP contribution < -0.4 is 5.32 Å². The van der Waals surface area contributed by atoms with E-state index in [-0.39, 0.29) is 16.0 Å². The molecule has 0 atom stereocenters. The molecule has 152 valence electrons. The number of amides is 2. The summed E-state index contributed by atoms with van der Waals surface area (Å²) in [6.07, 6.45) is 0. The molecule has 7 heteroatoms. The van der Waals surface area contributed by atoms with E-state index in [1.807, 2.05) is 42.5 Å². The first-order valence-corrected chi connectivity index (χ1v) is 10.9. The van der Waals surface area contributed by atoms with Crippen LogP contribution in [0.3, 0.4) is 0 Å². The summed E-state index contributed by atoms with van der Waals surface area (Å²) in [6, 6.07) is 20.8. The first-order chi connectivity index (χ1) is 14.3.